The SMILES string of the molecule is C[C@H]1Oc2ccccc2N(CCC(=O)N2CCC[C@@H](C(=O)O)C2)C1=O. The molecule has 2 heterocycles. The summed E-state index contributed by atoms with van der Waals surface area (Å²) < 4.78 is 5.59. The number of carbonyl (C=O) groups is 3. The molecular weight excluding hydrogens is 324 g/mol. The van der Waals surface area contributed by atoms with E-state index in [1.54, 1.807) is 28.9 Å². The number of hydrogen-bond donors (Lipinski definition) is 1. The standard InChI is InChI=1S/C18H22N2O5/c1-12-17(22)20(14-6-2-3-7-15(14)25-12)10-8-16(21)19-9-4-5-13(11-19)18(23)24/h2-3,6-7,12-13H,4-5,8-11H2,1H3,(H,23,24)/t12-,13-/m1/s1. The highest BCUT2D eigenvalue weighted by molar-refractivity contribution is 6.00. The Morgan fingerprint density at radius 2 is 2.08 bits per heavy atom. The summed E-state index contributed by atoms with van der Waals surface area (Å²) in [7, 11) is 0. The lowest BCUT2D eigenvalue weighted by atomic mass is 9.98. The average molecular weight is 346 g/mol. The van der Waals surface area contributed by atoms with Crippen LogP contribution in [0.2, 0.25) is 0 Å². The molecule has 2 aliphatic heterocycles. The van der Waals surface area contributed by atoms with Crippen LogP contribution in [0.15, 0.2) is 24.3 Å². The number of rotatable bonds is 4. The maximum atomic E-state index is 12.5. The minimum Gasteiger partial charge on any atom is -0.481 e. The van der Waals surface area contributed by atoms with Crippen molar-refractivity contribution in [3.63, 3.8) is 0 Å². The Labute approximate surface area is 146 Å². The Bertz CT molecular complexity index is 690. The first-order chi connectivity index (χ1) is 12.0. The second-order valence-electron chi connectivity index (χ2n) is 6.48. The first-order valence-corrected chi connectivity index (χ1v) is 8.55. The van der Waals surface area contributed by atoms with Crippen LogP contribution in [0.5, 0.6) is 5.75 Å². The zero-order valence-corrected chi connectivity index (χ0v) is 14.2. The summed E-state index contributed by atoms with van der Waals surface area (Å²) in [4.78, 5) is 39.2. The number of amides is 2. The van der Waals surface area contributed by atoms with Gasteiger partial charge in [0.1, 0.15) is 5.75 Å². The van der Waals surface area contributed by atoms with E-state index in [0.29, 0.717) is 30.8 Å². The molecule has 0 aliphatic carbocycles. The number of hydrogen-bond acceptors (Lipinski definition) is 4. The number of carbonyl (C=O) groups excluding carboxylic acids is 2. The number of benzene rings is 1. The van der Waals surface area contributed by atoms with Crippen LogP contribution in [0.3, 0.4) is 0 Å². The normalized spacial score (nSPS) is 23.0. The van der Waals surface area contributed by atoms with Crippen molar-refractivity contribution in [3.05, 3.63) is 24.3 Å². The molecule has 7 heteroatoms. The van der Waals surface area contributed by atoms with Gasteiger partial charge < -0.3 is 19.6 Å². The topological polar surface area (TPSA) is 87.2 Å². The minimum atomic E-state index is -0.858. The highest BCUT2D eigenvalue weighted by Crippen LogP contribution is 2.33. The fourth-order valence-electron chi connectivity index (χ4n) is 3.36. The summed E-state index contributed by atoms with van der Waals surface area (Å²) in [5.41, 5.74) is 0.667. The maximum Gasteiger partial charge on any atom is 0.308 e. The van der Waals surface area contributed by atoms with E-state index in [-0.39, 0.29) is 31.3 Å². The number of ether oxygens (including phenoxy) is 1. The zero-order valence-electron chi connectivity index (χ0n) is 14.2. The molecule has 1 N–H and O–H groups in total. The number of anilines is 1. The summed E-state index contributed by atoms with van der Waals surface area (Å²) in [6, 6.07) is 7.26. The molecular formula is C18H22N2O5. The molecule has 25 heavy (non-hydrogen) atoms. The number of para-hydroxylation sites is 2. The number of aliphatic carboxylic acids is 1. The lowest BCUT2D eigenvalue weighted by Crippen LogP contribution is -2.47. The van der Waals surface area contributed by atoms with E-state index in [2.05, 4.69) is 0 Å². The second kappa shape index (κ2) is 7.13. The van der Waals surface area contributed by atoms with Crippen LogP contribution >= 0.6 is 0 Å². The molecule has 0 radical (unpaired) electrons. The van der Waals surface area contributed by atoms with Crippen molar-refractivity contribution in [1.29, 1.82) is 0 Å². The van der Waals surface area contributed by atoms with Gasteiger partial charge in [-0.3, -0.25) is 14.4 Å². The van der Waals surface area contributed by atoms with Crippen molar-refractivity contribution in [3.8, 4) is 5.75 Å². The molecule has 2 amide bonds. The summed E-state index contributed by atoms with van der Waals surface area (Å²) in [6.45, 7) is 2.77. The molecule has 2 aliphatic rings. The van der Waals surface area contributed by atoms with Gasteiger partial charge in [-0.2, -0.15) is 0 Å². The third-order valence-corrected chi connectivity index (χ3v) is 4.75. The van der Waals surface area contributed by atoms with Gasteiger partial charge in [-0.25, -0.2) is 0 Å². The van der Waals surface area contributed by atoms with Crippen LogP contribution in [0, 0.1) is 5.92 Å². The van der Waals surface area contributed by atoms with E-state index in [1.807, 2.05) is 12.1 Å². The van der Waals surface area contributed by atoms with Gasteiger partial charge in [-0.15, -0.1) is 0 Å². The highest BCUT2D eigenvalue weighted by atomic mass is 16.5. The molecule has 7 nitrogen and oxygen atoms in total. The first kappa shape index (κ1) is 17.3. The van der Waals surface area contributed by atoms with E-state index < -0.39 is 18.0 Å². The van der Waals surface area contributed by atoms with Crippen LogP contribution in [0.1, 0.15) is 26.2 Å². The van der Waals surface area contributed by atoms with E-state index >= 15 is 0 Å². The summed E-state index contributed by atoms with van der Waals surface area (Å²) in [5.74, 6) is -1.01. The number of nitrogens with zero attached hydrogens (tertiary/aromatic N) is 2. The summed E-state index contributed by atoms with van der Waals surface area (Å²) in [5, 5.41) is 9.14. The first-order valence-electron chi connectivity index (χ1n) is 8.55. The lowest BCUT2D eigenvalue weighted by molar-refractivity contribution is -0.145. The fraction of sp³-hybridized carbons (Fsp3) is 0.500. The largest absolute Gasteiger partial charge is 0.481 e. The molecule has 0 bridgehead atoms. The van der Waals surface area contributed by atoms with E-state index in [9.17, 15) is 14.4 Å². The molecule has 1 aromatic carbocycles. The molecule has 1 aromatic rings. The number of fused-ring (bicyclic) bond motifs is 1. The van der Waals surface area contributed by atoms with Crippen molar-refractivity contribution in [2.45, 2.75) is 32.3 Å². The predicted molar refractivity (Wildman–Crippen MR) is 90.4 cm³/mol. The molecule has 0 unspecified atom stereocenters. The van der Waals surface area contributed by atoms with Crippen LogP contribution in [-0.4, -0.2) is 53.5 Å². The quantitative estimate of drug-likeness (QED) is 0.893. The van der Waals surface area contributed by atoms with E-state index in [0.717, 1.165) is 0 Å². The van der Waals surface area contributed by atoms with Crippen molar-refractivity contribution in [2.24, 2.45) is 5.92 Å². The van der Waals surface area contributed by atoms with Crippen LogP contribution in [0.25, 0.3) is 0 Å². The fourth-order valence-corrected chi connectivity index (χ4v) is 3.36. The molecule has 0 saturated carbocycles. The van der Waals surface area contributed by atoms with Crippen molar-refractivity contribution in [1.82, 2.24) is 4.90 Å². The average Bonchev–Trinajstić information content (AvgIpc) is 2.62. The summed E-state index contributed by atoms with van der Waals surface area (Å²) in [6.07, 6.45) is 0.876. The Hall–Kier alpha value is -2.57. The van der Waals surface area contributed by atoms with Gasteiger partial charge in [0.2, 0.25) is 5.91 Å². The van der Waals surface area contributed by atoms with Gasteiger partial charge >= 0.3 is 5.97 Å². The van der Waals surface area contributed by atoms with Gasteiger partial charge in [0, 0.05) is 26.1 Å². The molecule has 2 atom stereocenters. The van der Waals surface area contributed by atoms with E-state index in [4.69, 9.17) is 9.84 Å². The Morgan fingerprint density at radius 1 is 1.32 bits per heavy atom. The smallest absolute Gasteiger partial charge is 0.308 e. The minimum absolute atomic E-state index is 0.115. The Kier molecular flexibility index (Phi) is 4.92. The number of likely N-dealkylation sites (tertiary alicyclic amines) is 1. The third-order valence-electron chi connectivity index (χ3n) is 4.75. The number of carboxylic acids is 1. The van der Waals surface area contributed by atoms with Gasteiger partial charge in [0.05, 0.1) is 11.6 Å². The number of piperidine rings is 1. The van der Waals surface area contributed by atoms with Gasteiger partial charge in [0.15, 0.2) is 6.10 Å². The zero-order chi connectivity index (χ0) is 18.0. The molecule has 0 spiro atoms. The molecule has 1 fully saturated rings. The molecule has 134 valence electrons. The van der Waals surface area contributed by atoms with Crippen LogP contribution < -0.4 is 9.64 Å². The van der Waals surface area contributed by atoms with Crippen LogP contribution in [-0.2, 0) is 14.4 Å². The van der Waals surface area contributed by atoms with Crippen LogP contribution in [0.4, 0.5) is 5.69 Å². The second-order valence-corrected chi connectivity index (χ2v) is 6.48. The molecule has 1 saturated heterocycles. The predicted octanol–water partition coefficient (Wildman–Crippen LogP) is 1.51. The number of carboxylic acid groups (broad SMARTS) is 1. The van der Waals surface area contributed by atoms with Gasteiger partial charge in [0.25, 0.3) is 5.91 Å². The molecule has 0 aromatic heterocycles. The van der Waals surface area contributed by atoms with Gasteiger partial charge in [-0.1, -0.05) is 12.1 Å². The van der Waals surface area contributed by atoms with Crippen molar-refractivity contribution >= 4 is 23.5 Å². The monoisotopic (exact) mass is 346 g/mol. The van der Waals surface area contributed by atoms with E-state index in [1.165, 1.54) is 0 Å². The Morgan fingerprint density at radius 3 is 2.84 bits per heavy atom. The lowest BCUT2D eigenvalue weighted by Gasteiger charge is -2.34. The van der Waals surface area contributed by atoms with Crippen molar-refractivity contribution < 1.29 is 24.2 Å². The molecule has 3 rings (SSSR count). The van der Waals surface area contributed by atoms with Crippen molar-refractivity contribution in [2.75, 3.05) is 24.5 Å². The maximum absolute atomic E-state index is 12.5. The highest BCUT2D eigenvalue weighted by Gasteiger charge is 2.33. The van der Waals surface area contributed by atoms with Gasteiger partial charge in [-0.05, 0) is 31.9 Å². The Balaban J connectivity index is 1.65. The summed E-state index contributed by atoms with van der Waals surface area (Å²) >= 11 is 0. The third kappa shape index (κ3) is 3.60.